The molecule has 3 rings (SSSR count). The van der Waals surface area contributed by atoms with Crippen LogP contribution in [0.15, 0.2) is 6.20 Å². The van der Waals surface area contributed by atoms with Gasteiger partial charge in [0.25, 0.3) is 0 Å². The molecule has 0 radical (unpaired) electrons. The highest BCUT2D eigenvalue weighted by atomic mass is 16.3. The molecule has 0 saturated heterocycles. The van der Waals surface area contributed by atoms with Gasteiger partial charge in [-0.05, 0) is 38.0 Å². The van der Waals surface area contributed by atoms with Gasteiger partial charge in [-0.3, -0.25) is 0 Å². The minimum absolute atomic E-state index is 0.134. The maximum atomic E-state index is 11.0. The van der Waals surface area contributed by atoms with Gasteiger partial charge in [0, 0.05) is 5.92 Å². The first-order valence-electron chi connectivity index (χ1n) is 6.74. The molecule has 0 aromatic carbocycles. The third kappa shape index (κ3) is 1.53. The lowest BCUT2D eigenvalue weighted by Gasteiger charge is -2.45. The van der Waals surface area contributed by atoms with E-state index in [0.717, 1.165) is 18.5 Å². The van der Waals surface area contributed by atoms with Gasteiger partial charge in [-0.1, -0.05) is 19.3 Å². The van der Waals surface area contributed by atoms with E-state index < -0.39 is 5.60 Å². The number of rotatable bonds is 1. The Balaban J connectivity index is 1.91. The zero-order valence-corrected chi connectivity index (χ0v) is 10.4. The molecule has 0 amide bonds. The first-order valence-corrected chi connectivity index (χ1v) is 6.74. The van der Waals surface area contributed by atoms with Crippen molar-refractivity contribution in [3.8, 4) is 0 Å². The number of aromatic amines is 1. The van der Waals surface area contributed by atoms with Crippen molar-refractivity contribution in [2.45, 2.75) is 63.4 Å². The maximum Gasteiger partial charge on any atom is 0.0884 e. The Morgan fingerprint density at radius 1 is 1.29 bits per heavy atom. The van der Waals surface area contributed by atoms with Gasteiger partial charge < -0.3 is 5.11 Å². The number of nitrogens with one attached hydrogen (secondary N) is 1. The van der Waals surface area contributed by atoms with Crippen LogP contribution in [0, 0.1) is 5.41 Å². The second-order valence-corrected chi connectivity index (χ2v) is 5.97. The Kier molecular flexibility index (Phi) is 2.51. The number of aliphatic hydroxyl groups is 1. The van der Waals surface area contributed by atoms with E-state index in [1.165, 1.54) is 32.1 Å². The molecule has 2 atom stereocenters. The molecule has 1 aromatic rings. The Hall–Kier alpha value is -0.900. The van der Waals surface area contributed by atoms with Gasteiger partial charge in [-0.15, -0.1) is 0 Å². The van der Waals surface area contributed by atoms with Gasteiger partial charge in [0.05, 0.1) is 17.5 Å². The van der Waals surface area contributed by atoms with Crippen LogP contribution in [-0.4, -0.2) is 26.1 Å². The second kappa shape index (κ2) is 3.80. The number of hydrogen-bond donors (Lipinski definition) is 2. The van der Waals surface area contributed by atoms with Crippen molar-refractivity contribution >= 4 is 0 Å². The normalized spacial score (nSPS) is 36.5. The van der Waals surface area contributed by atoms with Gasteiger partial charge in [-0.25, -0.2) is 0 Å². The summed E-state index contributed by atoms with van der Waals surface area (Å²) in [7, 11) is 0. The zero-order valence-electron chi connectivity index (χ0n) is 10.4. The highest BCUT2D eigenvalue weighted by Crippen LogP contribution is 2.59. The van der Waals surface area contributed by atoms with Gasteiger partial charge >= 0.3 is 0 Å². The minimum Gasteiger partial charge on any atom is -0.389 e. The van der Waals surface area contributed by atoms with Crippen molar-refractivity contribution in [2.75, 3.05) is 0 Å². The monoisotopic (exact) mass is 235 g/mol. The van der Waals surface area contributed by atoms with Gasteiger partial charge in [0.2, 0.25) is 0 Å². The van der Waals surface area contributed by atoms with Crippen LogP contribution in [-0.2, 0) is 0 Å². The lowest BCUT2D eigenvalue weighted by atomic mass is 9.64. The van der Waals surface area contributed by atoms with Crippen molar-refractivity contribution in [1.29, 1.82) is 0 Å². The molecule has 94 valence electrons. The standard InChI is InChI=1S/C13H21N3O/c1-12(17)10(11-9-14-16-15-11)5-8-13(12)6-3-2-4-7-13/h9-10,17H,2-8H2,1H3,(H,14,15,16). The molecule has 2 unspecified atom stereocenters. The summed E-state index contributed by atoms with van der Waals surface area (Å²) in [5, 5.41) is 21.7. The summed E-state index contributed by atoms with van der Waals surface area (Å²) in [6.07, 6.45) is 10.1. The molecule has 1 aromatic heterocycles. The molecule has 4 nitrogen and oxygen atoms in total. The predicted octanol–water partition coefficient (Wildman–Crippen LogP) is 2.38. The first-order chi connectivity index (χ1) is 8.16. The van der Waals surface area contributed by atoms with E-state index in [1.807, 2.05) is 6.92 Å². The Morgan fingerprint density at radius 3 is 2.71 bits per heavy atom. The smallest absolute Gasteiger partial charge is 0.0884 e. The summed E-state index contributed by atoms with van der Waals surface area (Å²) in [5.41, 5.74) is 0.441. The van der Waals surface area contributed by atoms with Gasteiger partial charge in [-0.2, -0.15) is 15.4 Å². The Morgan fingerprint density at radius 2 is 2.06 bits per heavy atom. The van der Waals surface area contributed by atoms with Crippen LogP contribution in [0.4, 0.5) is 0 Å². The van der Waals surface area contributed by atoms with Crippen molar-refractivity contribution in [1.82, 2.24) is 15.4 Å². The van der Waals surface area contributed by atoms with Crippen molar-refractivity contribution in [2.24, 2.45) is 5.41 Å². The van der Waals surface area contributed by atoms with Crippen LogP contribution in [0.3, 0.4) is 0 Å². The van der Waals surface area contributed by atoms with Crippen LogP contribution in [0.1, 0.15) is 63.5 Å². The average Bonchev–Trinajstić information content (AvgIpc) is 2.90. The predicted molar refractivity (Wildman–Crippen MR) is 64.5 cm³/mol. The summed E-state index contributed by atoms with van der Waals surface area (Å²) in [5.74, 6) is 0.152. The van der Waals surface area contributed by atoms with Crippen LogP contribution in [0.25, 0.3) is 0 Å². The second-order valence-electron chi connectivity index (χ2n) is 5.97. The van der Waals surface area contributed by atoms with E-state index in [4.69, 9.17) is 0 Å². The number of aromatic nitrogens is 3. The van der Waals surface area contributed by atoms with Crippen molar-refractivity contribution in [3.05, 3.63) is 11.9 Å². The molecular formula is C13H21N3O. The number of H-pyrrole nitrogens is 1. The SMILES string of the molecule is CC1(O)C(c2cn[nH]n2)CCC12CCCCC2. The molecule has 0 bridgehead atoms. The van der Waals surface area contributed by atoms with E-state index in [2.05, 4.69) is 15.4 Å². The van der Waals surface area contributed by atoms with Gasteiger partial charge in [0.1, 0.15) is 0 Å². The molecule has 2 fully saturated rings. The third-order valence-corrected chi connectivity index (χ3v) is 5.27. The summed E-state index contributed by atoms with van der Waals surface area (Å²) < 4.78 is 0. The number of hydrogen-bond acceptors (Lipinski definition) is 3. The van der Waals surface area contributed by atoms with E-state index in [1.54, 1.807) is 6.20 Å². The maximum absolute atomic E-state index is 11.0. The highest BCUT2D eigenvalue weighted by Gasteiger charge is 2.57. The quantitative estimate of drug-likeness (QED) is 0.785. The van der Waals surface area contributed by atoms with Crippen LogP contribution < -0.4 is 0 Å². The van der Waals surface area contributed by atoms with Crippen molar-refractivity contribution in [3.63, 3.8) is 0 Å². The van der Waals surface area contributed by atoms with Crippen LogP contribution >= 0.6 is 0 Å². The molecular weight excluding hydrogens is 214 g/mol. The third-order valence-electron chi connectivity index (χ3n) is 5.27. The Labute approximate surface area is 102 Å². The molecule has 2 aliphatic carbocycles. The molecule has 1 spiro atoms. The molecule has 1 heterocycles. The van der Waals surface area contributed by atoms with E-state index in [9.17, 15) is 5.11 Å². The largest absolute Gasteiger partial charge is 0.389 e. The van der Waals surface area contributed by atoms with E-state index >= 15 is 0 Å². The summed E-state index contributed by atoms with van der Waals surface area (Å²) >= 11 is 0. The molecule has 2 N–H and O–H groups in total. The fourth-order valence-corrected chi connectivity index (χ4v) is 4.12. The minimum atomic E-state index is -0.621. The summed E-state index contributed by atoms with van der Waals surface area (Å²) in [6, 6.07) is 0. The fourth-order valence-electron chi connectivity index (χ4n) is 4.12. The lowest BCUT2D eigenvalue weighted by Crippen LogP contribution is -2.46. The first kappa shape index (κ1) is 11.2. The summed E-state index contributed by atoms with van der Waals surface area (Å²) in [4.78, 5) is 0. The molecule has 4 heteroatoms. The lowest BCUT2D eigenvalue weighted by molar-refractivity contribution is -0.0768. The van der Waals surface area contributed by atoms with Crippen LogP contribution in [0.5, 0.6) is 0 Å². The molecule has 2 aliphatic rings. The molecule has 17 heavy (non-hydrogen) atoms. The average molecular weight is 235 g/mol. The van der Waals surface area contributed by atoms with Crippen LogP contribution in [0.2, 0.25) is 0 Å². The summed E-state index contributed by atoms with van der Waals surface area (Å²) in [6.45, 7) is 2.02. The Bertz CT molecular complexity index is 379. The van der Waals surface area contributed by atoms with E-state index in [-0.39, 0.29) is 11.3 Å². The number of nitrogens with zero attached hydrogens (tertiary/aromatic N) is 2. The van der Waals surface area contributed by atoms with Gasteiger partial charge in [0.15, 0.2) is 0 Å². The van der Waals surface area contributed by atoms with Crippen molar-refractivity contribution < 1.29 is 5.11 Å². The highest BCUT2D eigenvalue weighted by molar-refractivity contribution is 5.18. The molecule has 2 saturated carbocycles. The zero-order chi connectivity index (χ0) is 11.9. The molecule has 0 aliphatic heterocycles. The van der Waals surface area contributed by atoms with E-state index in [0.29, 0.717) is 0 Å². The topological polar surface area (TPSA) is 61.8 Å². The fraction of sp³-hybridized carbons (Fsp3) is 0.846.